The van der Waals surface area contributed by atoms with Gasteiger partial charge >= 0.3 is 30.7 Å². The highest BCUT2D eigenvalue weighted by atomic mass is 79.9. The summed E-state index contributed by atoms with van der Waals surface area (Å²) in [7, 11) is 0.884. The Balaban J connectivity index is 1.91. The van der Waals surface area contributed by atoms with E-state index in [-0.39, 0.29) is 29.7 Å². The van der Waals surface area contributed by atoms with E-state index in [1.807, 2.05) is 0 Å². The summed E-state index contributed by atoms with van der Waals surface area (Å²) in [6.45, 7) is -0.939. The number of methoxy groups -OCH3 is 1. The van der Waals surface area contributed by atoms with Crippen LogP contribution in [0.3, 0.4) is 0 Å². The van der Waals surface area contributed by atoms with E-state index < -0.39 is 76.1 Å². The summed E-state index contributed by atoms with van der Waals surface area (Å²) in [5.41, 5.74) is -5.67. The lowest BCUT2D eigenvalue weighted by Crippen LogP contribution is -2.49. The molecule has 41 heavy (non-hydrogen) atoms. The molecule has 0 unspecified atom stereocenters. The molecule has 0 saturated heterocycles. The predicted octanol–water partition coefficient (Wildman–Crippen LogP) is 8.48. The van der Waals surface area contributed by atoms with E-state index in [1.54, 1.807) is 0 Å². The second-order valence-electron chi connectivity index (χ2n) is 9.67. The van der Waals surface area contributed by atoms with Gasteiger partial charge in [-0.05, 0) is 82.6 Å². The summed E-state index contributed by atoms with van der Waals surface area (Å²) >= 11 is 2.68. The van der Waals surface area contributed by atoms with Gasteiger partial charge in [0.25, 0.3) is 0 Å². The molecule has 2 atom stereocenters. The maximum atomic E-state index is 13.7. The molecule has 1 saturated carbocycles. The molecule has 2 aromatic rings. The van der Waals surface area contributed by atoms with Crippen molar-refractivity contribution in [1.82, 2.24) is 4.90 Å². The monoisotopic (exact) mass is 662 g/mol. The first kappa shape index (κ1) is 30.8. The van der Waals surface area contributed by atoms with Gasteiger partial charge in [-0.15, -0.1) is 0 Å². The highest BCUT2D eigenvalue weighted by molar-refractivity contribution is 9.10. The number of rotatable bonds is 4. The van der Waals surface area contributed by atoms with Crippen molar-refractivity contribution in [3.63, 3.8) is 0 Å². The van der Waals surface area contributed by atoms with Crippen molar-refractivity contribution >= 4 is 33.8 Å². The van der Waals surface area contributed by atoms with Crippen molar-refractivity contribution < 1.29 is 58.9 Å². The first-order valence-corrected chi connectivity index (χ1v) is 12.7. The Hall–Kier alpha value is -3.17. The molecule has 6 nitrogen and oxygen atoms in total. The third kappa shape index (κ3) is 6.21. The Morgan fingerprint density at radius 1 is 0.976 bits per heavy atom. The maximum Gasteiger partial charge on any atom is 0.417 e. The van der Waals surface area contributed by atoms with Gasteiger partial charge in [-0.3, -0.25) is 9.80 Å². The zero-order chi connectivity index (χ0) is 30.7. The van der Waals surface area contributed by atoms with Crippen LogP contribution in [0.5, 0.6) is 0 Å². The van der Waals surface area contributed by atoms with Gasteiger partial charge in [-0.25, -0.2) is 9.59 Å². The molecule has 0 radical (unpaired) electrons. The van der Waals surface area contributed by atoms with Crippen LogP contribution in [0.1, 0.15) is 53.1 Å². The van der Waals surface area contributed by atoms with E-state index in [0.29, 0.717) is 35.9 Å². The number of hydrogen-bond donors (Lipinski definition) is 1. The predicted molar refractivity (Wildman–Crippen MR) is 128 cm³/mol. The number of benzene rings is 2. The standard InChI is InChI=1S/C25H20BrF9N2O4/c1-41-22(40)36(10-12-6-14(24(30,31)32)8-16(20(12)26)25(33,34)35)19-9-18(11-2-3-11)37(21(38)39)17-5-4-13(7-15(17)19)23(27,28)29/h4-8,11,18-19H,2-3,9-10H2,1H3,(H,38,39)/t18-,19-/m1/s1. The molecule has 224 valence electrons. The smallest absolute Gasteiger partial charge is 0.417 e. The number of alkyl halides is 9. The van der Waals surface area contributed by atoms with Crippen molar-refractivity contribution in [3.8, 4) is 0 Å². The van der Waals surface area contributed by atoms with E-state index >= 15 is 0 Å². The topological polar surface area (TPSA) is 70.1 Å². The number of amides is 2. The summed E-state index contributed by atoms with van der Waals surface area (Å²) in [6.07, 6.45) is -17.2. The lowest BCUT2D eigenvalue weighted by Gasteiger charge is -2.43. The molecule has 1 N–H and O–H groups in total. The zero-order valence-electron chi connectivity index (χ0n) is 20.8. The highest BCUT2D eigenvalue weighted by Gasteiger charge is 2.48. The molecule has 0 aromatic heterocycles. The third-order valence-electron chi connectivity index (χ3n) is 7.05. The van der Waals surface area contributed by atoms with Crippen molar-refractivity contribution in [1.29, 1.82) is 0 Å². The molecule has 2 aromatic carbocycles. The zero-order valence-corrected chi connectivity index (χ0v) is 22.4. The third-order valence-corrected chi connectivity index (χ3v) is 7.99. The van der Waals surface area contributed by atoms with Gasteiger partial charge in [-0.2, -0.15) is 39.5 Å². The van der Waals surface area contributed by atoms with Gasteiger partial charge in [-0.1, -0.05) is 0 Å². The van der Waals surface area contributed by atoms with Crippen LogP contribution < -0.4 is 4.90 Å². The average molecular weight is 663 g/mol. The first-order chi connectivity index (χ1) is 18.8. The molecule has 16 heteroatoms. The minimum atomic E-state index is -5.23. The summed E-state index contributed by atoms with van der Waals surface area (Å²) in [4.78, 5) is 26.8. The first-order valence-electron chi connectivity index (χ1n) is 11.9. The largest absolute Gasteiger partial charge is 0.465 e. The quantitative estimate of drug-likeness (QED) is 0.334. The van der Waals surface area contributed by atoms with Crippen LogP contribution in [0.2, 0.25) is 0 Å². The van der Waals surface area contributed by atoms with Crippen LogP contribution in [0.15, 0.2) is 34.8 Å². The fourth-order valence-corrected chi connectivity index (χ4v) is 5.63. The summed E-state index contributed by atoms with van der Waals surface area (Å²) < 4.78 is 126. The molecule has 0 bridgehead atoms. The molecule has 1 aliphatic heterocycles. The number of hydrogen-bond acceptors (Lipinski definition) is 3. The normalized spacial score (nSPS) is 19.5. The minimum Gasteiger partial charge on any atom is -0.465 e. The molecule has 1 fully saturated rings. The van der Waals surface area contributed by atoms with E-state index in [1.165, 1.54) is 0 Å². The van der Waals surface area contributed by atoms with Gasteiger partial charge in [0.15, 0.2) is 0 Å². The summed E-state index contributed by atoms with van der Waals surface area (Å²) in [5, 5.41) is 9.91. The second-order valence-corrected chi connectivity index (χ2v) is 10.5. The maximum absolute atomic E-state index is 13.7. The SMILES string of the molecule is COC(=O)N(Cc1cc(C(F)(F)F)cc(C(F)(F)F)c1Br)[C@@H]1C[C@H](C2CC2)N(C(=O)O)c2ccc(C(F)(F)F)cc21. The fraction of sp³-hybridized carbons (Fsp3) is 0.440. The van der Waals surface area contributed by atoms with Gasteiger partial charge in [0.05, 0.1) is 42.1 Å². The molecule has 2 amide bonds. The Morgan fingerprint density at radius 2 is 1.59 bits per heavy atom. The Kier molecular flexibility index (Phi) is 7.95. The lowest BCUT2D eigenvalue weighted by atomic mass is 9.86. The summed E-state index contributed by atoms with van der Waals surface area (Å²) in [6, 6.07) is 0.273. The number of carbonyl (C=O) groups excluding carboxylic acids is 1. The van der Waals surface area contributed by atoms with E-state index in [9.17, 15) is 54.2 Å². The number of carboxylic acid groups (broad SMARTS) is 1. The van der Waals surface area contributed by atoms with Crippen LogP contribution in [0.25, 0.3) is 0 Å². The average Bonchev–Trinajstić information content (AvgIpc) is 3.70. The van der Waals surface area contributed by atoms with Crippen LogP contribution in [0.4, 0.5) is 54.8 Å². The molecular weight excluding hydrogens is 643 g/mol. The van der Waals surface area contributed by atoms with Crippen molar-refractivity contribution in [2.24, 2.45) is 5.92 Å². The molecule has 1 heterocycles. The Morgan fingerprint density at radius 3 is 2.07 bits per heavy atom. The molecule has 1 aliphatic carbocycles. The van der Waals surface area contributed by atoms with Gasteiger partial charge in [0.1, 0.15) is 0 Å². The van der Waals surface area contributed by atoms with Gasteiger partial charge in [0, 0.05) is 10.5 Å². The Bertz CT molecular complexity index is 1360. The van der Waals surface area contributed by atoms with Crippen molar-refractivity contribution in [2.75, 3.05) is 12.0 Å². The van der Waals surface area contributed by atoms with E-state index in [2.05, 4.69) is 15.9 Å². The van der Waals surface area contributed by atoms with Crippen LogP contribution in [0, 0.1) is 5.92 Å². The van der Waals surface area contributed by atoms with Crippen LogP contribution in [-0.2, 0) is 29.8 Å². The molecule has 4 rings (SSSR count). The molecule has 2 aliphatic rings. The fourth-order valence-electron chi connectivity index (χ4n) is 5.05. The highest BCUT2D eigenvalue weighted by Crippen LogP contribution is 2.50. The number of fused-ring (bicyclic) bond motifs is 1. The number of halogens is 10. The van der Waals surface area contributed by atoms with Crippen LogP contribution >= 0.6 is 15.9 Å². The van der Waals surface area contributed by atoms with Crippen molar-refractivity contribution in [3.05, 3.63) is 62.6 Å². The minimum absolute atomic E-state index is 0.102. The lowest BCUT2D eigenvalue weighted by molar-refractivity contribution is -0.143. The van der Waals surface area contributed by atoms with Gasteiger partial charge in [0.2, 0.25) is 0 Å². The second kappa shape index (κ2) is 10.6. The van der Waals surface area contributed by atoms with E-state index in [0.717, 1.165) is 18.1 Å². The Labute approximate surface area is 234 Å². The molecular formula is C25H20BrF9N2O4. The van der Waals surface area contributed by atoms with Crippen LogP contribution in [-0.4, -0.2) is 35.3 Å². The van der Waals surface area contributed by atoms with E-state index in [4.69, 9.17) is 4.74 Å². The number of anilines is 1. The van der Waals surface area contributed by atoms with Crippen molar-refractivity contribution in [2.45, 2.75) is 56.4 Å². The summed E-state index contributed by atoms with van der Waals surface area (Å²) in [5.74, 6) is -0.222. The number of carbonyl (C=O) groups is 2. The van der Waals surface area contributed by atoms with Gasteiger partial charge < -0.3 is 9.84 Å². The molecule has 0 spiro atoms. The number of ether oxygens (including phenoxy) is 1. The number of nitrogens with zero attached hydrogens (tertiary/aromatic N) is 2.